The van der Waals surface area contributed by atoms with E-state index in [9.17, 15) is 0 Å². The Morgan fingerprint density at radius 1 is 0.857 bits per heavy atom. The van der Waals surface area contributed by atoms with Crippen LogP contribution in [-0.4, -0.2) is 38.8 Å². The average molecular weight is 470 g/mol. The van der Waals surface area contributed by atoms with Gasteiger partial charge in [0.05, 0.1) is 19.8 Å². The van der Waals surface area contributed by atoms with Crippen LogP contribution in [-0.2, 0) is 12.8 Å². The topological polar surface area (TPSA) is 40.2 Å². The number of methoxy groups -OCH3 is 2. The monoisotopic (exact) mass is 469 g/mol. The molecular formula is C30H31NO4. The second kappa shape index (κ2) is 9.31. The second-order valence-corrected chi connectivity index (χ2v) is 9.51. The van der Waals surface area contributed by atoms with E-state index in [-0.39, 0.29) is 6.10 Å². The van der Waals surface area contributed by atoms with E-state index in [0.717, 1.165) is 70.4 Å². The van der Waals surface area contributed by atoms with Gasteiger partial charge in [-0.1, -0.05) is 24.3 Å². The first kappa shape index (κ1) is 22.1. The Bertz CT molecular complexity index is 1260. The molecule has 3 aliphatic heterocycles. The number of ether oxygens (including phenoxy) is 4. The molecule has 0 amide bonds. The predicted octanol–water partition coefficient (Wildman–Crippen LogP) is 5.82. The first-order valence-electron chi connectivity index (χ1n) is 12.5. The third-order valence-electron chi connectivity index (χ3n) is 7.34. The minimum atomic E-state index is -0.225. The SMILES string of the molecule is COc1ccc2c(c1)CC1=C(O2)c2ccc(OC)cc2OC1c1ccc(CCN2CCCC2)cc1. The molecule has 1 atom stereocenters. The van der Waals surface area contributed by atoms with Gasteiger partial charge < -0.3 is 23.8 Å². The van der Waals surface area contributed by atoms with Crippen molar-refractivity contribution < 1.29 is 18.9 Å². The van der Waals surface area contributed by atoms with Gasteiger partial charge in [0.1, 0.15) is 34.9 Å². The minimum absolute atomic E-state index is 0.225. The molecule has 180 valence electrons. The van der Waals surface area contributed by atoms with Gasteiger partial charge in [0, 0.05) is 30.2 Å². The van der Waals surface area contributed by atoms with Gasteiger partial charge in [-0.15, -0.1) is 0 Å². The van der Waals surface area contributed by atoms with Gasteiger partial charge in [-0.05, 0) is 73.8 Å². The van der Waals surface area contributed by atoms with Gasteiger partial charge in [0.15, 0.2) is 0 Å². The molecule has 1 saturated heterocycles. The molecule has 5 nitrogen and oxygen atoms in total. The zero-order chi connectivity index (χ0) is 23.8. The standard InChI is InChI=1S/C30H31NO4/c1-32-23-10-12-27-22(17-23)18-26-29(35-28-19-24(33-2)9-11-25(28)30(26)34-27)21-7-5-20(6-8-21)13-16-31-14-3-4-15-31/h5-12,17,19,29H,3-4,13-16,18H2,1-2H3. The maximum atomic E-state index is 6.63. The van der Waals surface area contributed by atoms with Crippen LogP contribution in [0, 0.1) is 0 Å². The Kier molecular flexibility index (Phi) is 5.86. The predicted molar refractivity (Wildman–Crippen MR) is 136 cm³/mol. The summed E-state index contributed by atoms with van der Waals surface area (Å²) < 4.78 is 24.1. The summed E-state index contributed by atoms with van der Waals surface area (Å²) in [6.45, 7) is 3.61. The normalized spacial score (nSPS) is 18.7. The van der Waals surface area contributed by atoms with Gasteiger partial charge >= 0.3 is 0 Å². The van der Waals surface area contributed by atoms with Gasteiger partial charge in [-0.3, -0.25) is 0 Å². The summed E-state index contributed by atoms with van der Waals surface area (Å²) in [6, 6.07) is 20.8. The van der Waals surface area contributed by atoms with Crippen LogP contribution < -0.4 is 18.9 Å². The van der Waals surface area contributed by atoms with Crippen LogP contribution in [0.15, 0.2) is 66.2 Å². The fourth-order valence-electron chi connectivity index (χ4n) is 5.36. The Labute approximate surface area is 206 Å². The molecule has 0 N–H and O–H groups in total. The maximum Gasteiger partial charge on any atom is 0.149 e. The summed E-state index contributed by atoms with van der Waals surface area (Å²) in [5, 5.41) is 0. The largest absolute Gasteiger partial charge is 0.497 e. The van der Waals surface area contributed by atoms with E-state index in [1.807, 2.05) is 30.3 Å². The molecule has 1 fully saturated rings. The zero-order valence-electron chi connectivity index (χ0n) is 20.4. The zero-order valence-corrected chi connectivity index (χ0v) is 20.4. The van der Waals surface area contributed by atoms with Crippen LogP contribution in [0.1, 0.15) is 41.2 Å². The molecule has 5 heteroatoms. The van der Waals surface area contributed by atoms with Crippen LogP contribution in [0.5, 0.6) is 23.0 Å². The number of rotatable bonds is 6. The number of likely N-dealkylation sites (tertiary alicyclic amines) is 1. The van der Waals surface area contributed by atoms with Gasteiger partial charge in [-0.2, -0.15) is 0 Å². The lowest BCUT2D eigenvalue weighted by atomic mass is 9.88. The molecule has 1 unspecified atom stereocenters. The van der Waals surface area contributed by atoms with Crippen molar-refractivity contribution in [2.75, 3.05) is 33.9 Å². The fraction of sp³-hybridized carbons (Fsp3) is 0.333. The average Bonchev–Trinajstić information content (AvgIpc) is 3.44. The summed E-state index contributed by atoms with van der Waals surface area (Å²) in [6.07, 6.45) is 4.26. The number of benzene rings is 3. The van der Waals surface area contributed by atoms with Crippen molar-refractivity contribution in [2.24, 2.45) is 0 Å². The highest BCUT2D eigenvalue weighted by atomic mass is 16.5. The molecule has 0 aromatic heterocycles. The lowest BCUT2D eigenvalue weighted by Crippen LogP contribution is -2.24. The number of hydrogen-bond acceptors (Lipinski definition) is 5. The molecule has 3 heterocycles. The first-order chi connectivity index (χ1) is 17.2. The van der Waals surface area contributed by atoms with Crippen molar-refractivity contribution >= 4 is 5.76 Å². The van der Waals surface area contributed by atoms with Crippen LogP contribution in [0.2, 0.25) is 0 Å². The van der Waals surface area contributed by atoms with E-state index in [2.05, 4.69) is 35.2 Å². The Morgan fingerprint density at radius 3 is 2.37 bits per heavy atom. The molecule has 0 saturated carbocycles. The van der Waals surface area contributed by atoms with Crippen molar-refractivity contribution in [3.8, 4) is 23.0 Å². The van der Waals surface area contributed by atoms with Crippen LogP contribution in [0.25, 0.3) is 5.76 Å². The molecule has 35 heavy (non-hydrogen) atoms. The lowest BCUT2D eigenvalue weighted by molar-refractivity contribution is 0.224. The third kappa shape index (κ3) is 4.25. The molecule has 0 aliphatic carbocycles. The van der Waals surface area contributed by atoms with Crippen LogP contribution in [0.3, 0.4) is 0 Å². The van der Waals surface area contributed by atoms with Gasteiger partial charge in [0.2, 0.25) is 0 Å². The quantitative estimate of drug-likeness (QED) is 0.455. The van der Waals surface area contributed by atoms with Crippen LogP contribution in [0.4, 0.5) is 0 Å². The second-order valence-electron chi connectivity index (χ2n) is 9.51. The van der Waals surface area contributed by atoms with Crippen molar-refractivity contribution in [1.82, 2.24) is 4.90 Å². The molecule has 3 aliphatic rings. The Morgan fingerprint density at radius 2 is 1.60 bits per heavy atom. The summed E-state index contributed by atoms with van der Waals surface area (Å²) in [4.78, 5) is 2.56. The van der Waals surface area contributed by atoms with Gasteiger partial charge in [0.25, 0.3) is 0 Å². The highest BCUT2D eigenvalue weighted by Crippen LogP contribution is 2.49. The van der Waals surface area contributed by atoms with Crippen molar-refractivity contribution in [3.05, 3.63) is 88.5 Å². The van der Waals surface area contributed by atoms with Crippen molar-refractivity contribution in [1.29, 1.82) is 0 Å². The fourth-order valence-corrected chi connectivity index (χ4v) is 5.36. The van der Waals surface area contributed by atoms with Crippen LogP contribution >= 0.6 is 0 Å². The van der Waals surface area contributed by atoms with Crippen molar-refractivity contribution in [3.63, 3.8) is 0 Å². The maximum absolute atomic E-state index is 6.63. The number of nitrogens with zero attached hydrogens (tertiary/aromatic N) is 1. The van der Waals surface area contributed by atoms with E-state index >= 15 is 0 Å². The van der Waals surface area contributed by atoms with E-state index < -0.39 is 0 Å². The van der Waals surface area contributed by atoms with E-state index in [0.29, 0.717) is 0 Å². The number of fused-ring (bicyclic) bond motifs is 3. The highest BCUT2D eigenvalue weighted by Gasteiger charge is 2.35. The van der Waals surface area contributed by atoms with E-state index in [1.54, 1.807) is 14.2 Å². The molecule has 3 aromatic rings. The molecule has 3 aromatic carbocycles. The smallest absolute Gasteiger partial charge is 0.149 e. The third-order valence-corrected chi connectivity index (χ3v) is 7.34. The molecule has 0 spiro atoms. The Balaban J connectivity index is 1.33. The summed E-state index contributed by atoms with van der Waals surface area (Å²) in [5.74, 6) is 4.13. The molecule has 6 rings (SSSR count). The molecule has 0 bridgehead atoms. The summed E-state index contributed by atoms with van der Waals surface area (Å²) in [7, 11) is 3.37. The first-order valence-corrected chi connectivity index (χ1v) is 12.5. The number of hydrogen-bond donors (Lipinski definition) is 0. The minimum Gasteiger partial charge on any atom is -0.497 e. The summed E-state index contributed by atoms with van der Waals surface area (Å²) in [5.41, 5.74) is 5.69. The Hall–Kier alpha value is -3.44. The van der Waals surface area contributed by atoms with Crippen molar-refractivity contribution in [2.45, 2.75) is 31.8 Å². The van der Waals surface area contributed by atoms with E-state index in [1.165, 1.54) is 31.5 Å². The molecule has 0 radical (unpaired) electrons. The van der Waals surface area contributed by atoms with Gasteiger partial charge in [-0.25, -0.2) is 0 Å². The molecular weight excluding hydrogens is 438 g/mol. The van der Waals surface area contributed by atoms with E-state index in [4.69, 9.17) is 18.9 Å². The highest BCUT2D eigenvalue weighted by molar-refractivity contribution is 5.76. The lowest BCUT2D eigenvalue weighted by Gasteiger charge is -2.34. The summed E-state index contributed by atoms with van der Waals surface area (Å²) >= 11 is 0.